The Labute approximate surface area is 190 Å². The second-order valence-electron chi connectivity index (χ2n) is 7.53. The summed E-state index contributed by atoms with van der Waals surface area (Å²) in [6.07, 6.45) is 0.976. The first kappa shape index (κ1) is 21.7. The summed E-state index contributed by atoms with van der Waals surface area (Å²) in [7, 11) is 0. The van der Waals surface area contributed by atoms with Crippen LogP contribution in [0.5, 0.6) is 5.75 Å². The van der Waals surface area contributed by atoms with Crippen molar-refractivity contribution in [2.45, 2.75) is 6.42 Å². The van der Waals surface area contributed by atoms with Crippen molar-refractivity contribution >= 4 is 21.7 Å². The fourth-order valence-corrected chi connectivity index (χ4v) is 4.01. The summed E-state index contributed by atoms with van der Waals surface area (Å²) >= 11 is 3.46. The van der Waals surface area contributed by atoms with Gasteiger partial charge in [0.25, 0.3) is 0 Å². The number of aromatic nitrogens is 1. The Bertz CT molecular complexity index is 1040. The summed E-state index contributed by atoms with van der Waals surface area (Å²) in [6.45, 7) is 5.30. The van der Waals surface area contributed by atoms with Crippen LogP contribution < -0.4 is 5.32 Å². The fourth-order valence-electron chi connectivity index (χ4n) is 3.65. The predicted molar refractivity (Wildman–Crippen MR) is 125 cm³/mol. The average Bonchev–Trinajstić information content (AvgIpc) is 2.79. The summed E-state index contributed by atoms with van der Waals surface area (Å²) in [5.41, 5.74) is 2.83. The third-order valence-electron chi connectivity index (χ3n) is 5.28. The van der Waals surface area contributed by atoms with E-state index in [1.54, 1.807) is 18.2 Å². The number of morpholine rings is 1. The summed E-state index contributed by atoms with van der Waals surface area (Å²) in [5.74, 6) is 0.546. The smallest absolute Gasteiger partial charge is 0.127 e. The van der Waals surface area contributed by atoms with Gasteiger partial charge in [0.15, 0.2) is 0 Å². The average molecular weight is 486 g/mol. The lowest BCUT2D eigenvalue weighted by Gasteiger charge is -2.26. The highest BCUT2D eigenvalue weighted by Crippen LogP contribution is 2.34. The molecule has 0 radical (unpaired) electrons. The highest BCUT2D eigenvalue weighted by Gasteiger charge is 2.12. The van der Waals surface area contributed by atoms with Crippen molar-refractivity contribution in [2.75, 3.05) is 44.7 Å². The molecule has 2 heterocycles. The van der Waals surface area contributed by atoms with Crippen molar-refractivity contribution in [1.29, 1.82) is 0 Å². The normalized spacial score (nSPS) is 14.5. The van der Waals surface area contributed by atoms with Crippen LogP contribution in [0.2, 0.25) is 0 Å². The molecule has 162 valence electrons. The van der Waals surface area contributed by atoms with Crippen molar-refractivity contribution in [3.8, 4) is 28.1 Å². The number of phenols is 1. The van der Waals surface area contributed by atoms with Gasteiger partial charge >= 0.3 is 0 Å². The number of pyridine rings is 1. The molecule has 1 aliphatic heterocycles. The number of halogens is 2. The molecule has 0 saturated carbocycles. The van der Waals surface area contributed by atoms with E-state index in [0.29, 0.717) is 17.1 Å². The zero-order chi connectivity index (χ0) is 21.6. The fraction of sp³-hybridized carbons (Fsp3) is 0.292. The Kier molecular flexibility index (Phi) is 7.17. The van der Waals surface area contributed by atoms with E-state index in [2.05, 4.69) is 26.1 Å². The molecule has 1 aliphatic rings. The molecule has 5 nitrogen and oxygen atoms in total. The van der Waals surface area contributed by atoms with Crippen LogP contribution in [0.3, 0.4) is 0 Å². The zero-order valence-electron chi connectivity index (χ0n) is 17.2. The second-order valence-corrected chi connectivity index (χ2v) is 8.45. The Morgan fingerprint density at radius 1 is 1.06 bits per heavy atom. The van der Waals surface area contributed by atoms with Crippen LogP contribution in [0.4, 0.5) is 10.2 Å². The minimum atomic E-state index is -0.291. The third kappa shape index (κ3) is 5.81. The zero-order valence-corrected chi connectivity index (χ0v) is 18.7. The number of phenolic OH excluding ortho intramolecular Hbond substituents is 1. The molecule has 0 aliphatic carbocycles. The Balaban J connectivity index is 1.57. The van der Waals surface area contributed by atoms with Gasteiger partial charge in [-0.3, -0.25) is 4.90 Å². The molecule has 0 bridgehead atoms. The maximum Gasteiger partial charge on any atom is 0.127 e. The van der Waals surface area contributed by atoms with Crippen LogP contribution in [0.15, 0.2) is 59.1 Å². The molecule has 31 heavy (non-hydrogen) atoms. The SMILES string of the molecule is Oc1ccc(Br)cc1-c1cc(-c2cccc(F)c2)cc(NCCCN2CCOCC2)n1. The summed E-state index contributed by atoms with van der Waals surface area (Å²) < 4.78 is 20.1. The Morgan fingerprint density at radius 2 is 1.90 bits per heavy atom. The lowest BCUT2D eigenvalue weighted by molar-refractivity contribution is 0.0378. The van der Waals surface area contributed by atoms with Gasteiger partial charge in [0.05, 0.1) is 18.9 Å². The number of nitrogens with zero attached hydrogens (tertiary/aromatic N) is 2. The minimum absolute atomic E-state index is 0.144. The summed E-state index contributed by atoms with van der Waals surface area (Å²) in [6, 6.07) is 15.5. The molecule has 1 fully saturated rings. The number of hydrogen-bond donors (Lipinski definition) is 2. The number of rotatable bonds is 7. The van der Waals surface area contributed by atoms with Crippen LogP contribution in [0, 0.1) is 5.82 Å². The van der Waals surface area contributed by atoms with E-state index < -0.39 is 0 Å². The van der Waals surface area contributed by atoms with Crippen molar-refractivity contribution < 1.29 is 14.2 Å². The summed E-state index contributed by atoms with van der Waals surface area (Å²) in [4.78, 5) is 7.11. The second kappa shape index (κ2) is 10.2. The Morgan fingerprint density at radius 3 is 2.71 bits per heavy atom. The lowest BCUT2D eigenvalue weighted by Crippen LogP contribution is -2.37. The van der Waals surface area contributed by atoms with Gasteiger partial charge in [0.2, 0.25) is 0 Å². The van der Waals surface area contributed by atoms with Gasteiger partial charge in [0, 0.05) is 29.7 Å². The first-order chi connectivity index (χ1) is 15.1. The Hall–Kier alpha value is -2.48. The highest BCUT2D eigenvalue weighted by molar-refractivity contribution is 9.10. The lowest BCUT2D eigenvalue weighted by atomic mass is 10.0. The van der Waals surface area contributed by atoms with Crippen LogP contribution in [-0.2, 0) is 4.74 Å². The molecule has 0 amide bonds. The number of benzene rings is 2. The molecule has 3 aromatic rings. The van der Waals surface area contributed by atoms with Crippen molar-refractivity contribution in [2.24, 2.45) is 0 Å². The largest absolute Gasteiger partial charge is 0.507 e. The monoisotopic (exact) mass is 485 g/mol. The molecule has 2 N–H and O–H groups in total. The van der Waals surface area contributed by atoms with Crippen LogP contribution >= 0.6 is 15.9 Å². The van der Waals surface area contributed by atoms with E-state index in [4.69, 9.17) is 9.72 Å². The van der Waals surface area contributed by atoms with Gasteiger partial charge in [-0.1, -0.05) is 28.1 Å². The summed E-state index contributed by atoms with van der Waals surface area (Å²) in [5, 5.41) is 13.8. The van der Waals surface area contributed by atoms with Gasteiger partial charge in [0.1, 0.15) is 17.4 Å². The van der Waals surface area contributed by atoms with E-state index in [-0.39, 0.29) is 11.6 Å². The van der Waals surface area contributed by atoms with Gasteiger partial charge in [-0.15, -0.1) is 0 Å². The quantitative estimate of drug-likeness (QED) is 0.452. The van der Waals surface area contributed by atoms with E-state index in [1.165, 1.54) is 12.1 Å². The van der Waals surface area contributed by atoms with Gasteiger partial charge < -0.3 is 15.2 Å². The molecule has 1 saturated heterocycles. The number of anilines is 1. The molecule has 0 atom stereocenters. The van der Waals surface area contributed by atoms with E-state index in [0.717, 1.165) is 61.4 Å². The highest BCUT2D eigenvalue weighted by atomic mass is 79.9. The standard InChI is InChI=1S/C24H25BrFN3O2/c25-19-5-6-23(30)21(16-19)22-14-18(17-3-1-4-20(26)13-17)15-24(28-22)27-7-2-8-29-9-11-31-12-10-29/h1,3-6,13-16,30H,2,7-12H2,(H,27,28). The number of nitrogens with one attached hydrogen (secondary N) is 1. The molecule has 2 aromatic carbocycles. The first-order valence-corrected chi connectivity index (χ1v) is 11.2. The maximum atomic E-state index is 13.8. The first-order valence-electron chi connectivity index (χ1n) is 10.4. The molecule has 1 aromatic heterocycles. The predicted octanol–water partition coefficient (Wildman–Crippen LogP) is 5.16. The minimum Gasteiger partial charge on any atom is -0.507 e. The van der Waals surface area contributed by atoms with Gasteiger partial charge in [-0.2, -0.15) is 0 Å². The van der Waals surface area contributed by atoms with Gasteiger partial charge in [-0.05, 0) is 66.6 Å². The van der Waals surface area contributed by atoms with Crippen molar-refractivity contribution in [3.05, 3.63) is 64.9 Å². The molecule has 4 rings (SSSR count). The van der Waals surface area contributed by atoms with Crippen LogP contribution in [0.1, 0.15) is 6.42 Å². The molecule has 0 spiro atoms. The maximum absolute atomic E-state index is 13.8. The van der Waals surface area contributed by atoms with E-state index >= 15 is 0 Å². The topological polar surface area (TPSA) is 57.6 Å². The van der Waals surface area contributed by atoms with E-state index in [9.17, 15) is 9.50 Å². The van der Waals surface area contributed by atoms with Crippen molar-refractivity contribution in [1.82, 2.24) is 9.88 Å². The number of ether oxygens (including phenoxy) is 1. The number of hydrogen-bond acceptors (Lipinski definition) is 5. The number of aromatic hydroxyl groups is 1. The third-order valence-corrected chi connectivity index (χ3v) is 5.77. The van der Waals surface area contributed by atoms with E-state index in [1.807, 2.05) is 24.3 Å². The molecular weight excluding hydrogens is 461 g/mol. The van der Waals surface area contributed by atoms with Crippen LogP contribution in [-0.4, -0.2) is 54.4 Å². The van der Waals surface area contributed by atoms with Crippen LogP contribution in [0.25, 0.3) is 22.4 Å². The molecule has 7 heteroatoms. The van der Waals surface area contributed by atoms with Gasteiger partial charge in [-0.25, -0.2) is 9.37 Å². The van der Waals surface area contributed by atoms with Crippen molar-refractivity contribution in [3.63, 3.8) is 0 Å². The molecular formula is C24H25BrFN3O2. The molecule has 0 unspecified atom stereocenters.